The number of carbonyl (C=O) groups excluding carboxylic acids is 1. The van der Waals surface area contributed by atoms with Gasteiger partial charge in [-0.1, -0.05) is 24.3 Å². The summed E-state index contributed by atoms with van der Waals surface area (Å²) in [6, 6.07) is 8.00. The molecule has 0 aliphatic rings. The Hall–Kier alpha value is -0.820. The monoisotopic (exact) mass is 210 g/mol. The van der Waals surface area contributed by atoms with Gasteiger partial charge >= 0.3 is 0 Å². The van der Waals surface area contributed by atoms with Crippen molar-refractivity contribution in [3.8, 4) is 0 Å². The molecule has 0 spiro atoms. The van der Waals surface area contributed by atoms with Crippen LogP contribution in [0.25, 0.3) is 0 Å². The minimum atomic E-state index is 0.278. The number of halogens is 1. The molecule has 1 aromatic rings. The maximum Gasteiger partial charge on any atom is 0.137 e. The summed E-state index contributed by atoms with van der Waals surface area (Å²) in [5, 5.41) is 0. The Labute approximate surface area is 90.1 Å². The minimum absolute atomic E-state index is 0.278. The van der Waals surface area contributed by atoms with Crippen molar-refractivity contribution in [3.05, 3.63) is 35.4 Å². The highest BCUT2D eigenvalue weighted by Crippen LogP contribution is 2.09. The molecule has 14 heavy (non-hydrogen) atoms. The first-order valence-electron chi connectivity index (χ1n) is 4.86. The van der Waals surface area contributed by atoms with E-state index >= 15 is 0 Å². The van der Waals surface area contributed by atoms with Crippen LogP contribution < -0.4 is 0 Å². The van der Waals surface area contributed by atoms with Gasteiger partial charge in [-0.15, -0.1) is 11.6 Å². The number of benzene rings is 1. The molecular formula is C12H15ClO. The first-order chi connectivity index (χ1) is 6.74. The smallest absolute Gasteiger partial charge is 0.137 e. The topological polar surface area (TPSA) is 17.1 Å². The van der Waals surface area contributed by atoms with Gasteiger partial charge in [0.25, 0.3) is 0 Å². The number of aryl methyl sites for hydroxylation is 1. The van der Waals surface area contributed by atoms with Crippen molar-refractivity contribution in [2.45, 2.75) is 26.2 Å². The van der Waals surface area contributed by atoms with Crippen molar-refractivity contribution < 1.29 is 4.79 Å². The molecule has 76 valence electrons. The van der Waals surface area contributed by atoms with Crippen molar-refractivity contribution >= 4 is 17.4 Å². The maximum absolute atomic E-state index is 11.5. The molecule has 0 N–H and O–H groups in total. The van der Waals surface area contributed by atoms with Crippen LogP contribution in [-0.2, 0) is 11.2 Å². The van der Waals surface area contributed by atoms with Gasteiger partial charge in [0.05, 0.1) is 0 Å². The Balaban J connectivity index is 2.52. The van der Waals surface area contributed by atoms with E-state index in [-0.39, 0.29) is 5.78 Å². The third kappa shape index (κ3) is 3.51. The Kier molecular flexibility index (Phi) is 4.68. The van der Waals surface area contributed by atoms with Crippen molar-refractivity contribution in [1.29, 1.82) is 0 Å². The molecule has 0 bridgehead atoms. The molecule has 0 aliphatic heterocycles. The van der Waals surface area contributed by atoms with Gasteiger partial charge in [-0.2, -0.15) is 0 Å². The third-order valence-corrected chi connectivity index (χ3v) is 2.51. The second-order valence-electron chi connectivity index (χ2n) is 3.43. The van der Waals surface area contributed by atoms with Crippen LogP contribution in [0.2, 0.25) is 0 Å². The number of ketones is 1. The van der Waals surface area contributed by atoms with E-state index in [1.807, 2.05) is 31.2 Å². The second-order valence-corrected chi connectivity index (χ2v) is 3.81. The van der Waals surface area contributed by atoms with E-state index in [2.05, 4.69) is 0 Å². The Morgan fingerprint density at radius 3 is 2.71 bits per heavy atom. The summed E-state index contributed by atoms with van der Waals surface area (Å²) in [6.45, 7) is 2.03. The van der Waals surface area contributed by atoms with Gasteiger partial charge in [0.1, 0.15) is 5.78 Å². The van der Waals surface area contributed by atoms with E-state index in [0.29, 0.717) is 18.7 Å². The predicted molar refractivity (Wildman–Crippen MR) is 59.8 cm³/mol. The first-order valence-corrected chi connectivity index (χ1v) is 5.39. The number of hydrogen-bond acceptors (Lipinski definition) is 1. The van der Waals surface area contributed by atoms with E-state index in [9.17, 15) is 4.79 Å². The zero-order valence-electron chi connectivity index (χ0n) is 8.42. The number of hydrogen-bond donors (Lipinski definition) is 0. The molecule has 0 fully saturated rings. The molecule has 0 aromatic heterocycles. The number of alkyl halides is 1. The van der Waals surface area contributed by atoms with E-state index in [0.717, 1.165) is 12.0 Å². The van der Waals surface area contributed by atoms with Crippen molar-refractivity contribution in [2.75, 3.05) is 5.88 Å². The summed E-state index contributed by atoms with van der Waals surface area (Å²) < 4.78 is 0. The van der Waals surface area contributed by atoms with Gasteiger partial charge in [-0.3, -0.25) is 4.79 Å². The van der Waals surface area contributed by atoms with Crippen LogP contribution in [-0.4, -0.2) is 11.7 Å². The molecule has 0 unspecified atom stereocenters. The van der Waals surface area contributed by atoms with Crippen LogP contribution in [0.3, 0.4) is 0 Å². The lowest BCUT2D eigenvalue weighted by atomic mass is 10.0. The van der Waals surface area contributed by atoms with E-state index in [1.165, 1.54) is 5.56 Å². The van der Waals surface area contributed by atoms with Gasteiger partial charge in [-0.25, -0.2) is 0 Å². The molecule has 0 saturated heterocycles. The van der Waals surface area contributed by atoms with Gasteiger partial charge < -0.3 is 0 Å². The van der Waals surface area contributed by atoms with Crippen molar-refractivity contribution in [3.63, 3.8) is 0 Å². The van der Waals surface area contributed by atoms with Crippen LogP contribution in [0, 0.1) is 6.92 Å². The van der Waals surface area contributed by atoms with Crippen molar-refractivity contribution in [2.24, 2.45) is 0 Å². The molecule has 0 saturated carbocycles. The van der Waals surface area contributed by atoms with E-state index in [1.54, 1.807) is 0 Å². The summed E-state index contributed by atoms with van der Waals surface area (Å²) >= 11 is 5.53. The number of rotatable bonds is 5. The molecule has 0 atom stereocenters. The highest BCUT2D eigenvalue weighted by Gasteiger charge is 2.04. The zero-order valence-corrected chi connectivity index (χ0v) is 9.18. The highest BCUT2D eigenvalue weighted by molar-refractivity contribution is 6.17. The molecule has 0 amide bonds. The summed E-state index contributed by atoms with van der Waals surface area (Å²) in [4.78, 5) is 11.5. The summed E-state index contributed by atoms with van der Waals surface area (Å²) in [7, 11) is 0. The van der Waals surface area contributed by atoms with Gasteiger partial charge in [-0.05, 0) is 24.5 Å². The first kappa shape index (κ1) is 11.3. The maximum atomic E-state index is 11.5. The molecule has 0 aliphatic carbocycles. The quantitative estimate of drug-likeness (QED) is 0.683. The Morgan fingerprint density at radius 1 is 1.36 bits per heavy atom. The summed E-state index contributed by atoms with van der Waals surface area (Å²) in [5.74, 6) is 0.847. The van der Waals surface area contributed by atoms with E-state index in [4.69, 9.17) is 11.6 Å². The molecular weight excluding hydrogens is 196 g/mol. The third-order valence-electron chi connectivity index (χ3n) is 2.24. The minimum Gasteiger partial charge on any atom is -0.299 e. The Morgan fingerprint density at radius 2 is 2.07 bits per heavy atom. The van der Waals surface area contributed by atoms with Crippen molar-refractivity contribution in [1.82, 2.24) is 0 Å². The normalized spacial score (nSPS) is 10.1. The second kappa shape index (κ2) is 5.82. The summed E-state index contributed by atoms with van der Waals surface area (Å²) in [5.41, 5.74) is 2.32. The molecule has 1 nitrogen and oxygen atoms in total. The number of Topliss-reactive ketones (excluding diaryl/α,β-unsaturated/α-hetero) is 1. The Bertz CT molecular complexity index is 307. The fourth-order valence-electron chi connectivity index (χ4n) is 1.37. The largest absolute Gasteiger partial charge is 0.299 e. The van der Waals surface area contributed by atoms with Gasteiger partial charge in [0.15, 0.2) is 0 Å². The average Bonchev–Trinajstić information content (AvgIpc) is 2.18. The number of carbonyl (C=O) groups is 1. The van der Waals surface area contributed by atoms with Crippen LogP contribution >= 0.6 is 11.6 Å². The predicted octanol–water partition coefficient (Wildman–Crippen LogP) is 3.13. The zero-order chi connectivity index (χ0) is 10.4. The molecule has 0 radical (unpaired) electrons. The standard InChI is InChI=1S/C12H15ClO/c1-10-5-2-3-6-11(10)9-12(14)7-4-8-13/h2-3,5-6H,4,7-9H2,1H3. The SMILES string of the molecule is Cc1ccccc1CC(=O)CCCCl. The molecule has 1 rings (SSSR count). The average molecular weight is 211 g/mol. The van der Waals surface area contributed by atoms with E-state index < -0.39 is 0 Å². The van der Waals surface area contributed by atoms with Crippen LogP contribution in [0.15, 0.2) is 24.3 Å². The van der Waals surface area contributed by atoms with Gasteiger partial charge in [0.2, 0.25) is 0 Å². The summed E-state index contributed by atoms with van der Waals surface area (Å²) in [6.07, 6.45) is 1.92. The highest BCUT2D eigenvalue weighted by atomic mass is 35.5. The molecule has 0 heterocycles. The molecule has 2 heteroatoms. The van der Waals surface area contributed by atoms with Crippen LogP contribution in [0.1, 0.15) is 24.0 Å². The lowest BCUT2D eigenvalue weighted by Crippen LogP contribution is -2.04. The van der Waals surface area contributed by atoms with Crippen LogP contribution in [0.5, 0.6) is 0 Å². The van der Waals surface area contributed by atoms with Crippen LogP contribution in [0.4, 0.5) is 0 Å². The fraction of sp³-hybridized carbons (Fsp3) is 0.417. The lowest BCUT2D eigenvalue weighted by molar-refractivity contribution is -0.118. The fourth-order valence-corrected chi connectivity index (χ4v) is 1.51. The van der Waals surface area contributed by atoms with Gasteiger partial charge in [0, 0.05) is 18.7 Å². The lowest BCUT2D eigenvalue weighted by Gasteiger charge is -2.03. The molecule has 1 aromatic carbocycles.